The van der Waals surface area contributed by atoms with Crippen LogP contribution in [-0.2, 0) is 6.54 Å². The maximum atomic E-state index is 11.5. The summed E-state index contributed by atoms with van der Waals surface area (Å²) in [6.07, 6.45) is 1.98. The van der Waals surface area contributed by atoms with Gasteiger partial charge in [-0.2, -0.15) is 0 Å². The molecule has 0 fully saturated rings. The van der Waals surface area contributed by atoms with E-state index in [4.69, 9.17) is 5.21 Å². The lowest BCUT2D eigenvalue weighted by Gasteiger charge is -2.09. The number of hydrogen-bond acceptors (Lipinski definition) is 3. The van der Waals surface area contributed by atoms with Gasteiger partial charge in [-0.1, -0.05) is 24.3 Å². The fourth-order valence-electron chi connectivity index (χ4n) is 2.36. The van der Waals surface area contributed by atoms with Crippen molar-refractivity contribution < 1.29 is 10.0 Å². The minimum absolute atomic E-state index is 0.420. The summed E-state index contributed by atoms with van der Waals surface area (Å²) in [5.74, 6) is -0.515. The molecule has 0 atom stereocenters. The number of rotatable bonds is 3. The second-order valence-corrected chi connectivity index (χ2v) is 5.27. The third kappa shape index (κ3) is 2.66. The van der Waals surface area contributed by atoms with Gasteiger partial charge >= 0.3 is 0 Å². The normalized spacial score (nSPS) is 10.8. The summed E-state index contributed by atoms with van der Waals surface area (Å²) in [6.45, 7) is 0.674. The third-order valence-corrected chi connectivity index (χ3v) is 3.91. The molecule has 0 saturated heterocycles. The Morgan fingerprint density at radius 2 is 2.00 bits per heavy atom. The first-order valence-electron chi connectivity index (χ1n) is 6.49. The Kier molecular flexibility index (Phi) is 3.68. The molecule has 1 aromatic heterocycles. The molecule has 1 heterocycles. The minimum atomic E-state index is -0.515. The monoisotopic (exact) mass is 298 g/mol. The Bertz CT molecular complexity index is 811. The van der Waals surface area contributed by atoms with Gasteiger partial charge in [0.2, 0.25) is 0 Å². The van der Waals surface area contributed by atoms with E-state index in [1.165, 1.54) is 0 Å². The van der Waals surface area contributed by atoms with Crippen LogP contribution in [0.4, 0.5) is 0 Å². The zero-order valence-electron chi connectivity index (χ0n) is 11.2. The number of aromatic nitrogens is 1. The zero-order valence-corrected chi connectivity index (χ0v) is 12.0. The average Bonchev–Trinajstić information content (AvgIpc) is 2.91. The molecule has 0 radical (unpaired) electrons. The van der Waals surface area contributed by atoms with Crippen molar-refractivity contribution in [3.8, 4) is 0 Å². The van der Waals surface area contributed by atoms with Crippen LogP contribution in [0, 0.1) is 0 Å². The summed E-state index contributed by atoms with van der Waals surface area (Å²) in [5.41, 5.74) is 4.12. The predicted molar refractivity (Wildman–Crippen MR) is 84.0 cm³/mol. The third-order valence-electron chi connectivity index (χ3n) is 3.47. The van der Waals surface area contributed by atoms with Crippen LogP contribution in [0.2, 0.25) is 0 Å². The van der Waals surface area contributed by atoms with Gasteiger partial charge in [0.25, 0.3) is 5.91 Å². The zero-order chi connectivity index (χ0) is 14.8. The maximum absolute atomic E-state index is 11.5. The van der Waals surface area contributed by atoms with E-state index in [-0.39, 0.29) is 0 Å². The average molecular weight is 298 g/mol. The van der Waals surface area contributed by atoms with Crippen molar-refractivity contribution in [2.24, 2.45) is 0 Å². The smallest absolute Gasteiger partial charge is 0.274 e. The quantitative estimate of drug-likeness (QED) is 0.395. The molecule has 0 aliphatic rings. The van der Waals surface area contributed by atoms with Crippen molar-refractivity contribution in [1.29, 1.82) is 0 Å². The van der Waals surface area contributed by atoms with Gasteiger partial charge in [0.05, 0.1) is 0 Å². The van der Waals surface area contributed by atoms with Crippen molar-refractivity contribution in [3.05, 3.63) is 65.9 Å². The number of amides is 1. The standard InChI is InChI=1S/C16H14N2O2S/c19-16(17-20)12-6-5-11-7-8-18(14(11)9-12)10-13-3-1-2-4-15(13)21/h1-9,20-21H,10H2,(H,17,19). The largest absolute Gasteiger partial charge is 0.343 e. The summed E-state index contributed by atoms with van der Waals surface area (Å²) >= 11 is 4.46. The molecule has 0 bridgehead atoms. The van der Waals surface area contributed by atoms with Crippen molar-refractivity contribution in [1.82, 2.24) is 10.0 Å². The number of carbonyl (C=O) groups is 1. The van der Waals surface area contributed by atoms with Crippen LogP contribution in [0.15, 0.2) is 59.6 Å². The number of hydroxylamine groups is 1. The van der Waals surface area contributed by atoms with Gasteiger partial charge < -0.3 is 4.57 Å². The number of nitrogens with one attached hydrogen (secondary N) is 1. The molecule has 0 spiro atoms. The summed E-state index contributed by atoms with van der Waals surface area (Å²) in [6, 6.07) is 15.2. The number of fused-ring (bicyclic) bond motifs is 1. The Morgan fingerprint density at radius 1 is 1.19 bits per heavy atom. The number of nitrogens with zero attached hydrogens (tertiary/aromatic N) is 1. The lowest BCUT2D eigenvalue weighted by atomic mass is 10.1. The van der Waals surface area contributed by atoms with E-state index in [9.17, 15) is 4.79 Å². The second-order valence-electron chi connectivity index (χ2n) is 4.79. The van der Waals surface area contributed by atoms with Gasteiger partial charge in [-0.3, -0.25) is 10.0 Å². The highest BCUT2D eigenvalue weighted by atomic mass is 32.1. The Hall–Kier alpha value is -2.24. The highest BCUT2D eigenvalue weighted by molar-refractivity contribution is 7.80. The van der Waals surface area contributed by atoms with Crippen LogP contribution in [0.3, 0.4) is 0 Å². The molecule has 4 nitrogen and oxygen atoms in total. The lowest BCUT2D eigenvalue weighted by Crippen LogP contribution is -2.18. The van der Waals surface area contributed by atoms with Gasteiger partial charge in [-0.15, -0.1) is 12.6 Å². The molecule has 3 aromatic rings. The first kappa shape index (κ1) is 13.7. The van der Waals surface area contributed by atoms with Crippen LogP contribution in [0.1, 0.15) is 15.9 Å². The SMILES string of the molecule is O=C(NO)c1ccc2ccn(Cc3ccccc3S)c2c1. The molecular formula is C16H14N2O2S. The van der Waals surface area contributed by atoms with Gasteiger partial charge in [-0.25, -0.2) is 5.48 Å². The molecular weight excluding hydrogens is 284 g/mol. The molecule has 21 heavy (non-hydrogen) atoms. The molecule has 3 rings (SSSR count). The fourth-order valence-corrected chi connectivity index (χ4v) is 2.59. The van der Waals surface area contributed by atoms with Crippen LogP contribution in [-0.4, -0.2) is 15.7 Å². The van der Waals surface area contributed by atoms with Gasteiger partial charge in [0, 0.05) is 28.7 Å². The molecule has 1 amide bonds. The minimum Gasteiger partial charge on any atom is -0.343 e. The van der Waals surface area contributed by atoms with E-state index in [2.05, 4.69) is 17.2 Å². The lowest BCUT2D eigenvalue weighted by molar-refractivity contribution is 0.0706. The van der Waals surface area contributed by atoms with Crippen LogP contribution < -0.4 is 5.48 Å². The molecule has 0 aliphatic heterocycles. The van der Waals surface area contributed by atoms with Crippen LogP contribution in [0.5, 0.6) is 0 Å². The predicted octanol–water partition coefficient (Wildman–Crippen LogP) is 3.10. The summed E-state index contributed by atoms with van der Waals surface area (Å²) in [5, 5.41) is 9.78. The van der Waals surface area contributed by atoms with Crippen molar-refractivity contribution >= 4 is 29.4 Å². The van der Waals surface area contributed by atoms with Crippen LogP contribution in [0.25, 0.3) is 10.9 Å². The Balaban J connectivity index is 2.03. The summed E-state index contributed by atoms with van der Waals surface area (Å²) in [7, 11) is 0. The molecule has 5 heteroatoms. The number of benzene rings is 2. The number of carbonyl (C=O) groups excluding carboxylic acids is 1. The number of thiol groups is 1. The highest BCUT2D eigenvalue weighted by Crippen LogP contribution is 2.21. The fraction of sp³-hybridized carbons (Fsp3) is 0.0625. The first-order chi connectivity index (χ1) is 10.2. The molecule has 106 valence electrons. The second kappa shape index (κ2) is 5.63. The molecule has 0 saturated carbocycles. The Morgan fingerprint density at radius 3 is 2.76 bits per heavy atom. The molecule has 0 unspecified atom stereocenters. The summed E-state index contributed by atoms with van der Waals surface area (Å²) in [4.78, 5) is 12.5. The van der Waals surface area contributed by atoms with E-state index in [1.54, 1.807) is 17.6 Å². The van der Waals surface area contributed by atoms with Gasteiger partial charge in [-0.05, 0) is 35.2 Å². The van der Waals surface area contributed by atoms with Gasteiger partial charge in [0.1, 0.15) is 0 Å². The topological polar surface area (TPSA) is 54.3 Å². The van der Waals surface area contributed by atoms with Gasteiger partial charge in [0.15, 0.2) is 0 Å². The van der Waals surface area contributed by atoms with E-state index >= 15 is 0 Å². The molecule has 2 aromatic carbocycles. The van der Waals surface area contributed by atoms with Crippen LogP contribution >= 0.6 is 12.6 Å². The molecule has 0 aliphatic carbocycles. The summed E-state index contributed by atoms with van der Waals surface area (Å²) < 4.78 is 2.05. The van der Waals surface area contributed by atoms with E-state index in [0.29, 0.717) is 12.1 Å². The van der Waals surface area contributed by atoms with Crippen molar-refractivity contribution in [3.63, 3.8) is 0 Å². The first-order valence-corrected chi connectivity index (χ1v) is 6.94. The Labute approximate surface area is 127 Å². The van der Waals surface area contributed by atoms with Crippen molar-refractivity contribution in [2.75, 3.05) is 0 Å². The molecule has 2 N–H and O–H groups in total. The number of hydrogen-bond donors (Lipinski definition) is 3. The van der Waals surface area contributed by atoms with E-state index < -0.39 is 5.91 Å². The van der Waals surface area contributed by atoms with E-state index in [0.717, 1.165) is 21.4 Å². The maximum Gasteiger partial charge on any atom is 0.274 e. The van der Waals surface area contributed by atoms with E-state index in [1.807, 2.05) is 42.6 Å². The highest BCUT2D eigenvalue weighted by Gasteiger charge is 2.08. The van der Waals surface area contributed by atoms with Crippen molar-refractivity contribution in [2.45, 2.75) is 11.4 Å².